The Morgan fingerprint density at radius 3 is 2.65 bits per heavy atom. The van der Waals surface area contributed by atoms with Gasteiger partial charge in [0.1, 0.15) is 24.8 Å². The van der Waals surface area contributed by atoms with Crippen LogP contribution in [0.5, 0.6) is 5.88 Å². The maximum absolute atomic E-state index is 12.4. The first kappa shape index (κ1) is 30.7. The van der Waals surface area contributed by atoms with Crippen LogP contribution in [0.15, 0.2) is 66.9 Å². The molecule has 1 fully saturated rings. The standard InChI is InChI=1S/C34H43N5O4/c1-5-6-10-27-22-26-9-7-8-11-28(26)33(37-27)43-21-19-39(3,4)34(17-20-42-30(31(34)40)32(35)41)23-24-12-14-25(15-13-24)29-16-18-36-38(29)2/h7-9,11-16,18,22,30-31,40H,5-6,10,17,19-21,23H2,1-4H3,(H-,35,41)/p+1/t30?,31-,34+/m0/s1. The third-order valence-electron chi connectivity index (χ3n) is 9.17. The lowest BCUT2D eigenvalue weighted by atomic mass is 9.75. The number of amides is 1. The first-order valence-electron chi connectivity index (χ1n) is 15.2. The van der Waals surface area contributed by atoms with E-state index in [0.29, 0.717) is 43.0 Å². The number of nitrogens with two attached hydrogens (primary N) is 1. The second kappa shape index (κ2) is 12.8. The number of fused-ring (bicyclic) bond motifs is 1. The molecule has 1 unspecified atom stereocenters. The smallest absolute Gasteiger partial charge is 0.249 e. The lowest BCUT2D eigenvalue weighted by Crippen LogP contribution is -2.73. The highest BCUT2D eigenvalue weighted by molar-refractivity contribution is 5.87. The number of likely N-dealkylation sites (N-methyl/N-ethyl adjacent to an activating group) is 1. The number of aliphatic hydroxyl groups is 1. The van der Waals surface area contributed by atoms with Crippen molar-refractivity contribution < 1.29 is 23.9 Å². The zero-order chi connectivity index (χ0) is 30.6. The molecular weight excluding hydrogens is 542 g/mol. The molecular formula is C34H44N5O4+. The van der Waals surface area contributed by atoms with Gasteiger partial charge in [-0.2, -0.15) is 5.10 Å². The largest absolute Gasteiger partial charge is 0.471 e. The molecule has 5 rings (SSSR count). The number of primary amides is 1. The monoisotopic (exact) mass is 586 g/mol. The fourth-order valence-electron chi connectivity index (χ4n) is 6.40. The molecule has 1 aliphatic rings. The summed E-state index contributed by atoms with van der Waals surface area (Å²) in [4.78, 5) is 17.2. The Hall–Kier alpha value is -3.79. The van der Waals surface area contributed by atoms with E-state index in [-0.39, 0.29) is 0 Å². The highest BCUT2D eigenvalue weighted by Gasteiger charge is 2.57. The fourth-order valence-corrected chi connectivity index (χ4v) is 6.40. The second-order valence-corrected chi connectivity index (χ2v) is 12.2. The number of hydrogen-bond donors (Lipinski definition) is 2. The van der Waals surface area contributed by atoms with Crippen molar-refractivity contribution in [2.45, 2.75) is 56.8 Å². The van der Waals surface area contributed by atoms with E-state index in [9.17, 15) is 9.90 Å². The molecule has 9 heteroatoms. The average molecular weight is 587 g/mol. The van der Waals surface area contributed by atoms with Crippen LogP contribution in [0.1, 0.15) is 37.4 Å². The normalized spacial score (nSPS) is 20.8. The van der Waals surface area contributed by atoms with Crippen molar-refractivity contribution in [2.24, 2.45) is 12.8 Å². The van der Waals surface area contributed by atoms with Crippen LogP contribution in [0.4, 0.5) is 0 Å². The third-order valence-corrected chi connectivity index (χ3v) is 9.17. The maximum atomic E-state index is 12.4. The Labute approximate surface area is 253 Å². The SMILES string of the molecule is CCCCc1cc2ccccc2c(OCC[N+](C)(C)[C@@]2(Cc3ccc(-c4ccnn4C)cc3)CCOC(C(N)=O)[C@@H]2O)n1. The van der Waals surface area contributed by atoms with E-state index in [1.54, 1.807) is 6.20 Å². The summed E-state index contributed by atoms with van der Waals surface area (Å²) in [5.74, 6) is -0.0227. The van der Waals surface area contributed by atoms with Crippen molar-refractivity contribution in [3.8, 4) is 17.1 Å². The van der Waals surface area contributed by atoms with E-state index in [1.165, 1.54) is 0 Å². The van der Waals surface area contributed by atoms with Gasteiger partial charge in [0.25, 0.3) is 0 Å². The van der Waals surface area contributed by atoms with Crippen LogP contribution >= 0.6 is 0 Å². The predicted molar refractivity (Wildman–Crippen MR) is 167 cm³/mol. The van der Waals surface area contributed by atoms with Crippen LogP contribution in [0, 0.1) is 0 Å². The Morgan fingerprint density at radius 1 is 1.19 bits per heavy atom. The number of ether oxygens (including phenoxy) is 2. The van der Waals surface area contributed by atoms with Crippen LogP contribution < -0.4 is 10.5 Å². The molecule has 228 valence electrons. The summed E-state index contributed by atoms with van der Waals surface area (Å²) >= 11 is 0. The summed E-state index contributed by atoms with van der Waals surface area (Å²) in [7, 11) is 6.09. The lowest BCUT2D eigenvalue weighted by molar-refractivity contribution is -0.948. The first-order valence-corrected chi connectivity index (χ1v) is 15.2. The summed E-state index contributed by atoms with van der Waals surface area (Å²) in [6.07, 6.45) is 3.77. The number of pyridine rings is 1. The summed E-state index contributed by atoms with van der Waals surface area (Å²) in [6, 6.07) is 20.6. The molecule has 1 saturated heterocycles. The highest BCUT2D eigenvalue weighted by Crippen LogP contribution is 2.38. The number of benzene rings is 2. The number of quaternary nitrogens is 1. The molecule has 0 spiro atoms. The van der Waals surface area contributed by atoms with Crippen LogP contribution in [0.25, 0.3) is 22.0 Å². The van der Waals surface area contributed by atoms with E-state index in [2.05, 4.69) is 62.5 Å². The predicted octanol–water partition coefficient (Wildman–Crippen LogP) is 4.05. The summed E-state index contributed by atoms with van der Waals surface area (Å²) in [5.41, 5.74) is 9.13. The quantitative estimate of drug-likeness (QED) is 0.242. The number of rotatable bonds is 12. The van der Waals surface area contributed by atoms with Gasteiger partial charge in [0.2, 0.25) is 11.8 Å². The molecule has 4 aromatic rings. The average Bonchev–Trinajstić information content (AvgIpc) is 3.42. The van der Waals surface area contributed by atoms with Crippen molar-refractivity contribution in [2.75, 3.05) is 33.9 Å². The molecule has 0 saturated carbocycles. The first-order chi connectivity index (χ1) is 20.6. The number of carbonyl (C=O) groups excluding carboxylic acids is 1. The number of aliphatic hydroxyl groups excluding tert-OH is 1. The Balaban J connectivity index is 1.41. The van der Waals surface area contributed by atoms with Crippen molar-refractivity contribution in [3.63, 3.8) is 0 Å². The number of aromatic nitrogens is 3. The third kappa shape index (κ3) is 6.30. The maximum Gasteiger partial charge on any atom is 0.249 e. The Morgan fingerprint density at radius 2 is 1.95 bits per heavy atom. The zero-order valence-electron chi connectivity index (χ0n) is 25.7. The van der Waals surface area contributed by atoms with Gasteiger partial charge in [-0.1, -0.05) is 55.8 Å². The molecule has 2 aromatic carbocycles. The van der Waals surface area contributed by atoms with E-state index in [4.69, 9.17) is 20.2 Å². The van der Waals surface area contributed by atoms with E-state index < -0.39 is 23.7 Å². The van der Waals surface area contributed by atoms with Crippen molar-refractivity contribution in [1.29, 1.82) is 0 Å². The molecule has 43 heavy (non-hydrogen) atoms. The number of aryl methyl sites for hydroxylation is 2. The van der Waals surface area contributed by atoms with Gasteiger partial charge in [-0.15, -0.1) is 0 Å². The minimum Gasteiger partial charge on any atom is -0.471 e. The van der Waals surface area contributed by atoms with Gasteiger partial charge in [-0.05, 0) is 47.6 Å². The molecule has 0 aliphatic carbocycles. The summed E-state index contributed by atoms with van der Waals surface area (Å²) in [6.45, 7) is 3.46. The molecule has 9 nitrogen and oxygen atoms in total. The van der Waals surface area contributed by atoms with Gasteiger partial charge >= 0.3 is 0 Å². The fraction of sp³-hybridized carbons (Fsp3) is 0.441. The topological polar surface area (TPSA) is 112 Å². The molecule has 2 aromatic heterocycles. The number of hydrogen-bond acceptors (Lipinski definition) is 6. The molecule has 1 aliphatic heterocycles. The molecule has 3 heterocycles. The highest BCUT2D eigenvalue weighted by atomic mass is 16.5. The molecule has 1 amide bonds. The van der Waals surface area contributed by atoms with Gasteiger partial charge in [0, 0.05) is 37.2 Å². The van der Waals surface area contributed by atoms with Crippen LogP contribution in [-0.2, 0) is 29.4 Å². The Bertz CT molecular complexity index is 1550. The lowest BCUT2D eigenvalue weighted by Gasteiger charge is -2.54. The van der Waals surface area contributed by atoms with Crippen molar-refractivity contribution in [3.05, 3.63) is 78.1 Å². The number of carbonyl (C=O) groups is 1. The summed E-state index contributed by atoms with van der Waals surface area (Å²) < 4.78 is 14.3. The van der Waals surface area contributed by atoms with Crippen LogP contribution in [0.3, 0.4) is 0 Å². The number of nitrogens with zero attached hydrogens (tertiary/aromatic N) is 4. The minimum atomic E-state index is -1.10. The van der Waals surface area contributed by atoms with Gasteiger partial charge in [-0.25, -0.2) is 4.98 Å². The van der Waals surface area contributed by atoms with E-state index in [0.717, 1.165) is 52.5 Å². The number of unbranched alkanes of at least 4 members (excludes halogenated alkanes) is 1. The van der Waals surface area contributed by atoms with E-state index in [1.807, 2.05) is 36.0 Å². The molecule has 0 radical (unpaired) electrons. The Kier molecular flexibility index (Phi) is 9.15. The van der Waals surface area contributed by atoms with Gasteiger partial charge in [-0.3, -0.25) is 9.48 Å². The van der Waals surface area contributed by atoms with Gasteiger partial charge in [0.05, 0.1) is 26.4 Å². The van der Waals surface area contributed by atoms with E-state index >= 15 is 0 Å². The molecule has 3 N–H and O–H groups in total. The van der Waals surface area contributed by atoms with Crippen molar-refractivity contribution in [1.82, 2.24) is 14.8 Å². The second-order valence-electron chi connectivity index (χ2n) is 12.2. The summed E-state index contributed by atoms with van der Waals surface area (Å²) in [5, 5.41) is 18.1. The minimum absolute atomic E-state index is 0.325. The van der Waals surface area contributed by atoms with Gasteiger partial charge in [0.15, 0.2) is 6.10 Å². The van der Waals surface area contributed by atoms with Gasteiger partial charge < -0.3 is 24.8 Å². The van der Waals surface area contributed by atoms with Crippen LogP contribution in [0.2, 0.25) is 0 Å². The van der Waals surface area contributed by atoms with Crippen LogP contribution in [-0.4, -0.2) is 81.9 Å². The molecule has 0 bridgehead atoms. The molecule has 3 atom stereocenters. The van der Waals surface area contributed by atoms with Crippen molar-refractivity contribution >= 4 is 16.7 Å². The zero-order valence-corrected chi connectivity index (χ0v) is 25.7.